The predicted octanol–water partition coefficient (Wildman–Crippen LogP) is 4.64. The minimum Gasteiger partial charge on any atom is -0.321 e. The van der Waals surface area contributed by atoms with Crippen molar-refractivity contribution in [2.45, 2.75) is 0 Å². The summed E-state index contributed by atoms with van der Waals surface area (Å²) < 4.78 is 2.34. The van der Waals surface area contributed by atoms with Gasteiger partial charge in [0, 0.05) is 15.7 Å². The summed E-state index contributed by atoms with van der Waals surface area (Å²) in [6.07, 6.45) is 1.68. The molecule has 0 spiro atoms. The average molecular weight is 444 g/mol. The molecule has 1 aromatic heterocycles. The summed E-state index contributed by atoms with van der Waals surface area (Å²) in [5, 5.41) is 3.36. The highest BCUT2D eigenvalue weighted by atomic mass is 79.9. The number of rotatable bonds is 2. The van der Waals surface area contributed by atoms with Crippen molar-refractivity contribution in [2.24, 2.45) is 0 Å². The molecule has 29 heavy (non-hydrogen) atoms. The smallest absolute Gasteiger partial charge is 0.266 e. The third-order valence-electron chi connectivity index (χ3n) is 4.85. The van der Waals surface area contributed by atoms with Crippen LogP contribution < -0.4 is 10.9 Å². The maximum atomic E-state index is 13.4. The van der Waals surface area contributed by atoms with E-state index < -0.39 is 0 Å². The van der Waals surface area contributed by atoms with Gasteiger partial charge in [0.1, 0.15) is 5.82 Å². The highest BCUT2D eigenvalue weighted by Crippen LogP contribution is 2.32. The summed E-state index contributed by atoms with van der Waals surface area (Å²) in [6, 6.07) is 22.2. The molecule has 0 fully saturated rings. The third-order valence-corrected chi connectivity index (χ3v) is 5.35. The molecule has 1 aliphatic heterocycles. The van der Waals surface area contributed by atoms with Crippen LogP contribution in [0.15, 0.2) is 82.1 Å². The van der Waals surface area contributed by atoms with Crippen molar-refractivity contribution in [2.75, 3.05) is 5.32 Å². The van der Waals surface area contributed by atoms with Crippen molar-refractivity contribution < 1.29 is 4.79 Å². The Labute approximate surface area is 174 Å². The number of fused-ring (bicyclic) bond motifs is 2. The summed E-state index contributed by atoms with van der Waals surface area (Å²) in [4.78, 5) is 30.7. The number of carbonyl (C=O) groups is 1. The summed E-state index contributed by atoms with van der Waals surface area (Å²) >= 11 is 3.42. The Morgan fingerprint density at radius 3 is 2.52 bits per heavy atom. The fourth-order valence-corrected chi connectivity index (χ4v) is 3.87. The molecule has 4 aromatic rings. The first kappa shape index (κ1) is 17.6. The van der Waals surface area contributed by atoms with Gasteiger partial charge in [-0.2, -0.15) is 0 Å². The Bertz CT molecular complexity index is 1370. The van der Waals surface area contributed by atoms with E-state index in [0.717, 1.165) is 15.7 Å². The lowest BCUT2D eigenvalue weighted by Crippen LogP contribution is -2.22. The zero-order valence-electron chi connectivity index (χ0n) is 15.1. The second-order valence-electron chi connectivity index (χ2n) is 6.67. The Balaban J connectivity index is 1.83. The number of nitrogens with one attached hydrogen (secondary N) is 1. The summed E-state index contributed by atoms with van der Waals surface area (Å²) in [5.74, 6) is 0.189. The normalized spacial score (nSPS) is 14.2. The number of anilines is 1. The quantitative estimate of drug-likeness (QED) is 0.459. The first-order valence-corrected chi connectivity index (χ1v) is 9.81. The number of benzene rings is 3. The number of amides is 1. The Kier molecular flexibility index (Phi) is 4.14. The molecule has 1 N–H and O–H groups in total. The first-order chi connectivity index (χ1) is 14.1. The minimum atomic E-state index is -0.212. The van der Waals surface area contributed by atoms with Crippen molar-refractivity contribution in [1.29, 1.82) is 0 Å². The van der Waals surface area contributed by atoms with Crippen LogP contribution in [0.1, 0.15) is 11.4 Å². The van der Waals surface area contributed by atoms with Gasteiger partial charge in [0.05, 0.1) is 22.2 Å². The highest BCUT2D eigenvalue weighted by Gasteiger charge is 2.24. The fraction of sp³-hybridized carbons (Fsp3) is 0. The number of aromatic nitrogens is 2. The van der Waals surface area contributed by atoms with Gasteiger partial charge in [0.2, 0.25) is 0 Å². The SMILES string of the molecule is O=C1Nc2ccccc2/C1=C/c1nc2ccc(Br)cc2c(=O)n1-c1ccccc1. The monoisotopic (exact) mass is 443 g/mol. The molecule has 5 nitrogen and oxygen atoms in total. The van der Waals surface area contributed by atoms with E-state index in [-0.39, 0.29) is 11.5 Å². The van der Waals surface area contributed by atoms with Gasteiger partial charge in [-0.3, -0.25) is 14.2 Å². The highest BCUT2D eigenvalue weighted by molar-refractivity contribution is 9.10. The lowest BCUT2D eigenvalue weighted by molar-refractivity contribution is -0.110. The van der Waals surface area contributed by atoms with Crippen LogP contribution in [0.3, 0.4) is 0 Å². The van der Waals surface area contributed by atoms with E-state index in [9.17, 15) is 9.59 Å². The molecule has 0 aliphatic carbocycles. The van der Waals surface area contributed by atoms with E-state index in [1.54, 1.807) is 18.2 Å². The number of para-hydroxylation sites is 2. The molecule has 0 atom stereocenters. The van der Waals surface area contributed by atoms with Crippen LogP contribution in [0.25, 0.3) is 28.2 Å². The van der Waals surface area contributed by atoms with Crippen molar-refractivity contribution in [1.82, 2.24) is 9.55 Å². The molecule has 5 rings (SSSR count). The van der Waals surface area contributed by atoms with Crippen LogP contribution >= 0.6 is 15.9 Å². The summed E-state index contributed by atoms with van der Waals surface area (Å²) in [6.45, 7) is 0. The van der Waals surface area contributed by atoms with Crippen LogP contribution in [0.5, 0.6) is 0 Å². The Morgan fingerprint density at radius 2 is 1.69 bits per heavy atom. The Hall–Kier alpha value is -3.51. The minimum absolute atomic E-state index is 0.193. The second kappa shape index (κ2) is 6.83. The standard InChI is InChI=1S/C23H14BrN3O2/c24-14-10-11-20-18(12-14)23(29)27(15-6-2-1-3-7-15)21(25-20)13-17-16-8-4-5-9-19(16)26-22(17)28/h1-13H,(H,26,28)/b17-13-. The van der Waals surface area contributed by atoms with Crippen LogP contribution in [-0.2, 0) is 4.79 Å². The zero-order chi connectivity index (χ0) is 20.0. The maximum absolute atomic E-state index is 13.4. The van der Waals surface area contributed by atoms with Gasteiger partial charge >= 0.3 is 0 Å². The first-order valence-electron chi connectivity index (χ1n) is 9.02. The molecule has 140 valence electrons. The number of carbonyl (C=O) groups excluding carboxylic acids is 1. The molecule has 6 heteroatoms. The van der Waals surface area contributed by atoms with Crippen molar-refractivity contribution >= 4 is 50.1 Å². The lowest BCUT2D eigenvalue weighted by atomic mass is 10.1. The number of hydrogen-bond acceptors (Lipinski definition) is 3. The van der Waals surface area contributed by atoms with Gasteiger partial charge in [-0.15, -0.1) is 0 Å². The molecule has 2 heterocycles. The van der Waals surface area contributed by atoms with Gasteiger partial charge in [0.25, 0.3) is 11.5 Å². The molecule has 0 radical (unpaired) electrons. The average Bonchev–Trinajstić information content (AvgIpc) is 3.05. The number of halogens is 1. The second-order valence-corrected chi connectivity index (χ2v) is 7.58. The maximum Gasteiger partial charge on any atom is 0.266 e. The van der Waals surface area contributed by atoms with Crippen LogP contribution in [0.4, 0.5) is 5.69 Å². The van der Waals surface area contributed by atoms with Crippen molar-refractivity contribution in [3.8, 4) is 5.69 Å². The van der Waals surface area contributed by atoms with E-state index in [1.807, 2.05) is 60.7 Å². The largest absolute Gasteiger partial charge is 0.321 e. The predicted molar refractivity (Wildman–Crippen MR) is 118 cm³/mol. The van der Waals surface area contributed by atoms with Gasteiger partial charge in [0.15, 0.2) is 0 Å². The summed E-state index contributed by atoms with van der Waals surface area (Å²) in [7, 11) is 0. The van der Waals surface area contributed by atoms with Gasteiger partial charge in [-0.05, 0) is 42.5 Å². The number of nitrogens with zero attached hydrogens (tertiary/aromatic N) is 2. The molecule has 3 aromatic carbocycles. The molecular weight excluding hydrogens is 430 g/mol. The van der Waals surface area contributed by atoms with Crippen LogP contribution in [0, 0.1) is 0 Å². The molecule has 0 saturated heterocycles. The molecular formula is C23H14BrN3O2. The van der Waals surface area contributed by atoms with Crippen LogP contribution in [-0.4, -0.2) is 15.5 Å². The van der Waals surface area contributed by atoms with E-state index >= 15 is 0 Å². The van der Waals surface area contributed by atoms with Crippen molar-refractivity contribution in [3.05, 3.63) is 99.0 Å². The molecule has 0 unspecified atom stereocenters. The third kappa shape index (κ3) is 2.98. The van der Waals surface area contributed by atoms with Gasteiger partial charge in [-0.1, -0.05) is 52.3 Å². The van der Waals surface area contributed by atoms with Crippen molar-refractivity contribution in [3.63, 3.8) is 0 Å². The Morgan fingerprint density at radius 1 is 0.931 bits per heavy atom. The molecule has 0 bridgehead atoms. The van der Waals surface area contributed by atoms with E-state index in [1.165, 1.54) is 4.57 Å². The summed E-state index contributed by atoms with van der Waals surface area (Å²) in [5.41, 5.74) is 3.09. The van der Waals surface area contributed by atoms with E-state index in [2.05, 4.69) is 21.2 Å². The lowest BCUT2D eigenvalue weighted by Gasteiger charge is -2.12. The zero-order valence-corrected chi connectivity index (χ0v) is 16.7. The van der Waals surface area contributed by atoms with E-state index in [0.29, 0.717) is 28.0 Å². The topological polar surface area (TPSA) is 64.0 Å². The van der Waals surface area contributed by atoms with Gasteiger partial charge in [-0.25, -0.2) is 4.98 Å². The van der Waals surface area contributed by atoms with Crippen LogP contribution in [0.2, 0.25) is 0 Å². The van der Waals surface area contributed by atoms with Gasteiger partial charge < -0.3 is 5.32 Å². The molecule has 1 amide bonds. The fourth-order valence-electron chi connectivity index (χ4n) is 3.51. The van der Waals surface area contributed by atoms with E-state index in [4.69, 9.17) is 4.98 Å². The molecule has 0 saturated carbocycles. The number of hydrogen-bond donors (Lipinski definition) is 1. The molecule has 1 aliphatic rings.